The van der Waals surface area contributed by atoms with Crippen molar-refractivity contribution >= 4 is 5.65 Å². The standard InChI is InChI=1S/C15H17N5/c1-10-8-14-18-19-15(20(14)11(2)17-10)13(9-16)12-6-4-3-5-7-12/h3-8,13H,9,16H2,1-2H3. The quantitative estimate of drug-likeness (QED) is 0.786. The number of aromatic nitrogens is 4. The first-order chi connectivity index (χ1) is 9.70. The number of nitrogens with zero attached hydrogens (tertiary/aromatic N) is 4. The van der Waals surface area contributed by atoms with Crippen LogP contribution in [0.15, 0.2) is 36.4 Å². The van der Waals surface area contributed by atoms with Gasteiger partial charge in [0.15, 0.2) is 5.65 Å². The van der Waals surface area contributed by atoms with Gasteiger partial charge in [-0.1, -0.05) is 30.3 Å². The monoisotopic (exact) mass is 267 g/mol. The Hall–Kier alpha value is -2.27. The van der Waals surface area contributed by atoms with E-state index in [1.165, 1.54) is 0 Å². The van der Waals surface area contributed by atoms with Crippen molar-refractivity contribution in [3.63, 3.8) is 0 Å². The highest BCUT2D eigenvalue weighted by Gasteiger charge is 2.20. The van der Waals surface area contributed by atoms with Crippen LogP contribution in [0.5, 0.6) is 0 Å². The molecule has 0 spiro atoms. The number of nitrogens with two attached hydrogens (primary N) is 1. The lowest BCUT2D eigenvalue weighted by Crippen LogP contribution is -2.17. The van der Waals surface area contributed by atoms with Gasteiger partial charge in [-0.2, -0.15) is 0 Å². The largest absolute Gasteiger partial charge is 0.329 e. The minimum Gasteiger partial charge on any atom is -0.329 e. The Morgan fingerprint density at radius 2 is 1.90 bits per heavy atom. The average molecular weight is 267 g/mol. The van der Waals surface area contributed by atoms with E-state index >= 15 is 0 Å². The van der Waals surface area contributed by atoms with Crippen LogP contribution >= 0.6 is 0 Å². The molecule has 5 heteroatoms. The Balaban J connectivity index is 2.18. The van der Waals surface area contributed by atoms with Crippen molar-refractivity contribution in [1.82, 2.24) is 19.6 Å². The normalized spacial score (nSPS) is 12.8. The van der Waals surface area contributed by atoms with Gasteiger partial charge in [0.25, 0.3) is 0 Å². The Bertz CT molecular complexity index is 733. The highest BCUT2D eigenvalue weighted by molar-refractivity contribution is 5.42. The fraction of sp³-hybridized carbons (Fsp3) is 0.267. The highest BCUT2D eigenvalue weighted by atomic mass is 15.3. The van der Waals surface area contributed by atoms with E-state index in [4.69, 9.17) is 5.73 Å². The third kappa shape index (κ3) is 2.06. The lowest BCUT2D eigenvalue weighted by molar-refractivity contribution is 0.725. The van der Waals surface area contributed by atoms with E-state index in [1.807, 2.05) is 42.5 Å². The van der Waals surface area contributed by atoms with Crippen molar-refractivity contribution in [3.05, 3.63) is 59.3 Å². The van der Waals surface area contributed by atoms with Gasteiger partial charge < -0.3 is 5.73 Å². The van der Waals surface area contributed by atoms with E-state index in [0.717, 1.165) is 28.6 Å². The van der Waals surface area contributed by atoms with Crippen LogP contribution in [0.4, 0.5) is 0 Å². The molecular formula is C15H17N5. The second kappa shape index (κ2) is 5.02. The zero-order chi connectivity index (χ0) is 14.1. The lowest BCUT2D eigenvalue weighted by atomic mass is 9.98. The fourth-order valence-corrected chi connectivity index (χ4v) is 2.56. The molecule has 0 radical (unpaired) electrons. The maximum absolute atomic E-state index is 5.97. The smallest absolute Gasteiger partial charge is 0.164 e. The third-order valence-corrected chi connectivity index (χ3v) is 3.46. The third-order valence-electron chi connectivity index (χ3n) is 3.46. The summed E-state index contributed by atoms with van der Waals surface area (Å²) in [5.41, 5.74) is 8.87. The van der Waals surface area contributed by atoms with E-state index in [-0.39, 0.29) is 5.92 Å². The van der Waals surface area contributed by atoms with Crippen LogP contribution in [-0.4, -0.2) is 26.1 Å². The first-order valence-corrected chi connectivity index (χ1v) is 6.65. The molecule has 0 fully saturated rings. The van der Waals surface area contributed by atoms with Gasteiger partial charge in [0.1, 0.15) is 11.6 Å². The predicted molar refractivity (Wildman–Crippen MR) is 77.6 cm³/mol. The van der Waals surface area contributed by atoms with Crippen molar-refractivity contribution in [3.8, 4) is 0 Å². The molecule has 1 atom stereocenters. The molecule has 5 nitrogen and oxygen atoms in total. The molecule has 20 heavy (non-hydrogen) atoms. The second-order valence-electron chi connectivity index (χ2n) is 4.90. The predicted octanol–water partition coefficient (Wildman–Crippen LogP) is 1.83. The second-order valence-corrected chi connectivity index (χ2v) is 4.90. The van der Waals surface area contributed by atoms with Gasteiger partial charge >= 0.3 is 0 Å². The van der Waals surface area contributed by atoms with Gasteiger partial charge in [-0.15, -0.1) is 10.2 Å². The molecular weight excluding hydrogens is 250 g/mol. The summed E-state index contributed by atoms with van der Waals surface area (Å²) in [5, 5.41) is 8.59. The Morgan fingerprint density at radius 3 is 2.60 bits per heavy atom. The Kier molecular flexibility index (Phi) is 3.20. The van der Waals surface area contributed by atoms with E-state index < -0.39 is 0 Å². The molecule has 1 aromatic carbocycles. The summed E-state index contributed by atoms with van der Waals surface area (Å²) in [6.07, 6.45) is 0. The molecule has 102 valence electrons. The molecule has 0 aliphatic carbocycles. The number of aryl methyl sites for hydroxylation is 2. The molecule has 2 aromatic heterocycles. The van der Waals surface area contributed by atoms with Crippen LogP contribution in [-0.2, 0) is 0 Å². The molecule has 3 aromatic rings. The summed E-state index contributed by atoms with van der Waals surface area (Å²) >= 11 is 0. The number of hydrogen-bond donors (Lipinski definition) is 1. The van der Waals surface area contributed by atoms with Crippen molar-refractivity contribution in [2.24, 2.45) is 5.73 Å². The average Bonchev–Trinajstić information content (AvgIpc) is 2.85. The van der Waals surface area contributed by atoms with Gasteiger partial charge in [0, 0.05) is 18.3 Å². The van der Waals surface area contributed by atoms with Crippen LogP contribution < -0.4 is 5.73 Å². The Labute approximate surface area is 117 Å². The summed E-state index contributed by atoms with van der Waals surface area (Å²) in [7, 11) is 0. The molecule has 0 aliphatic heterocycles. The summed E-state index contributed by atoms with van der Waals surface area (Å²) in [4.78, 5) is 4.49. The zero-order valence-corrected chi connectivity index (χ0v) is 11.6. The number of benzene rings is 1. The van der Waals surface area contributed by atoms with Crippen molar-refractivity contribution in [2.45, 2.75) is 19.8 Å². The SMILES string of the molecule is Cc1cc2nnc(C(CN)c3ccccc3)n2c(C)n1. The van der Waals surface area contributed by atoms with Crippen molar-refractivity contribution in [2.75, 3.05) is 6.54 Å². The molecule has 2 heterocycles. The van der Waals surface area contributed by atoms with Crippen molar-refractivity contribution < 1.29 is 0 Å². The molecule has 0 saturated heterocycles. The summed E-state index contributed by atoms with van der Waals surface area (Å²) in [6, 6.07) is 12.1. The summed E-state index contributed by atoms with van der Waals surface area (Å²) < 4.78 is 1.98. The van der Waals surface area contributed by atoms with Crippen LogP contribution in [0.3, 0.4) is 0 Å². The van der Waals surface area contributed by atoms with Gasteiger partial charge in [-0.25, -0.2) is 4.98 Å². The van der Waals surface area contributed by atoms with E-state index in [0.29, 0.717) is 6.54 Å². The zero-order valence-electron chi connectivity index (χ0n) is 11.6. The minimum absolute atomic E-state index is 0.0226. The minimum atomic E-state index is 0.0226. The molecule has 0 saturated carbocycles. The molecule has 1 unspecified atom stereocenters. The summed E-state index contributed by atoms with van der Waals surface area (Å²) in [5.74, 6) is 1.75. The van der Waals surface area contributed by atoms with Gasteiger partial charge in [0.05, 0.1) is 5.92 Å². The summed E-state index contributed by atoms with van der Waals surface area (Å²) in [6.45, 7) is 4.41. The van der Waals surface area contributed by atoms with Gasteiger partial charge in [-0.05, 0) is 19.4 Å². The van der Waals surface area contributed by atoms with Gasteiger partial charge in [-0.3, -0.25) is 4.40 Å². The van der Waals surface area contributed by atoms with E-state index in [9.17, 15) is 0 Å². The first kappa shape index (κ1) is 12.7. The van der Waals surface area contributed by atoms with Crippen LogP contribution in [0, 0.1) is 13.8 Å². The van der Waals surface area contributed by atoms with Crippen LogP contribution in [0.1, 0.15) is 28.8 Å². The Morgan fingerprint density at radius 1 is 1.15 bits per heavy atom. The first-order valence-electron chi connectivity index (χ1n) is 6.65. The number of hydrogen-bond acceptors (Lipinski definition) is 4. The van der Waals surface area contributed by atoms with Crippen LogP contribution in [0.2, 0.25) is 0 Å². The van der Waals surface area contributed by atoms with Crippen molar-refractivity contribution in [1.29, 1.82) is 0 Å². The van der Waals surface area contributed by atoms with E-state index in [2.05, 4.69) is 27.3 Å². The molecule has 2 N–H and O–H groups in total. The fourth-order valence-electron chi connectivity index (χ4n) is 2.56. The molecule has 3 rings (SSSR count). The maximum atomic E-state index is 5.97. The van der Waals surface area contributed by atoms with E-state index in [1.54, 1.807) is 0 Å². The highest BCUT2D eigenvalue weighted by Crippen LogP contribution is 2.23. The number of fused-ring (bicyclic) bond motifs is 1. The van der Waals surface area contributed by atoms with Crippen LogP contribution in [0.25, 0.3) is 5.65 Å². The lowest BCUT2D eigenvalue weighted by Gasteiger charge is -2.14. The number of rotatable bonds is 3. The maximum Gasteiger partial charge on any atom is 0.164 e. The molecule has 0 bridgehead atoms. The molecule has 0 aliphatic rings. The van der Waals surface area contributed by atoms with Gasteiger partial charge in [0.2, 0.25) is 0 Å². The topological polar surface area (TPSA) is 69.1 Å². The molecule has 0 amide bonds.